The second-order valence-corrected chi connectivity index (χ2v) is 22.6. The van der Waals surface area contributed by atoms with Gasteiger partial charge in [0.2, 0.25) is 0 Å². The number of thiophene rings is 1. The lowest BCUT2D eigenvalue weighted by atomic mass is 9.89. The molecular formula is C77H48N4S. The SMILES string of the molecule is C=Nc1c(/N=C\C)c2c(-c3cccc4c3c3ccccc3n4-c3ccc4c(c3)c3ccccc3n4-c3ccc4sc5ccccc5c4c3)cccc2c2ccc(-c3cccc(-c4ccc5c6ccccc6c6ccccc6c5c4)c3)cc12. The summed E-state index contributed by atoms with van der Waals surface area (Å²) in [6.45, 7) is 6.22. The van der Waals surface area contributed by atoms with E-state index in [0.717, 1.165) is 77.6 Å². The molecule has 382 valence electrons. The lowest BCUT2D eigenvalue weighted by Gasteiger charge is -2.17. The minimum atomic E-state index is 0.769. The topological polar surface area (TPSA) is 34.6 Å². The predicted octanol–water partition coefficient (Wildman–Crippen LogP) is 22.1. The summed E-state index contributed by atoms with van der Waals surface area (Å²) in [4.78, 5) is 10.1. The Bertz CT molecular complexity index is 5600. The van der Waals surface area contributed by atoms with Gasteiger partial charge in [-0.25, -0.2) is 0 Å². The van der Waals surface area contributed by atoms with Gasteiger partial charge in [-0.1, -0.05) is 176 Å². The molecule has 0 unspecified atom stereocenters. The van der Waals surface area contributed by atoms with Gasteiger partial charge in [-0.3, -0.25) is 9.98 Å². The summed E-state index contributed by atoms with van der Waals surface area (Å²) in [5.41, 5.74) is 15.3. The molecule has 0 saturated heterocycles. The highest BCUT2D eigenvalue weighted by molar-refractivity contribution is 7.25. The van der Waals surface area contributed by atoms with Crippen molar-refractivity contribution in [1.82, 2.24) is 9.13 Å². The number of hydrogen-bond donors (Lipinski definition) is 0. The first-order valence-electron chi connectivity index (χ1n) is 28.0. The molecule has 0 spiro atoms. The van der Waals surface area contributed by atoms with E-state index in [-0.39, 0.29) is 0 Å². The van der Waals surface area contributed by atoms with Crippen LogP contribution in [0.3, 0.4) is 0 Å². The molecule has 0 bridgehead atoms. The molecule has 82 heavy (non-hydrogen) atoms. The number of fused-ring (bicyclic) bond motifs is 18. The van der Waals surface area contributed by atoms with Crippen molar-refractivity contribution in [3.05, 3.63) is 255 Å². The van der Waals surface area contributed by atoms with Crippen molar-refractivity contribution in [3.63, 3.8) is 0 Å². The molecule has 0 fully saturated rings. The van der Waals surface area contributed by atoms with Crippen molar-refractivity contribution in [3.8, 4) is 44.8 Å². The Morgan fingerprint density at radius 3 is 1.50 bits per heavy atom. The first-order chi connectivity index (χ1) is 40.6. The molecule has 0 aliphatic heterocycles. The Morgan fingerprint density at radius 2 is 0.793 bits per heavy atom. The fourth-order valence-corrected chi connectivity index (χ4v) is 14.9. The summed E-state index contributed by atoms with van der Waals surface area (Å²) < 4.78 is 7.50. The van der Waals surface area contributed by atoms with Crippen LogP contribution < -0.4 is 0 Å². The van der Waals surface area contributed by atoms with Gasteiger partial charge in [-0.2, -0.15) is 0 Å². The van der Waals surface area contributed by atoms with Crippen LogP contribution in [0.5, 0.6) is 0 Å². The maximum atomic E-state index is 5.20. The van der Waals surface area contributed by atoms with Crippen molar-refractivity contribution in [2.45, 2.75) is 6.92 Å². The highest BCUT2D eigenvalue weighted by Gasteiger charge is 2.23. The molecule has 0 aliphatic rings. The minimum Gasteiger partial charge on any atom is -0.309 e. The predicted molar refractivity (Wildman–Crippen MR) is 355 cm³/mol. The molecule has 0 aliphatic carbocycles. The Balaban J connectivity index is 0.810. The monoisotopic (exact) mass is 1060 g/mol. The maximum Gasteiger partial charge on any atom is 0.0972 e. The van der Waals surface area contributed by atoms with E-state index in [1.807, 2.05) is 24.5 Å². The summed E-state index contributed by atoms with van der Waals surface area (Å²) in [6.07, 6.45) is 1.89. The van der Waals surface area contributed by atoms with Crippen LogP contribution in [0, 0.1) is 0 Å². The molecule has 17 rings (SSSR count). The van der Waals surface area contributed by atoms with Crippen LogP contribution in [0.2, 0.25) is 0 Å². The van der Waals surface area contributed by atoms with Crippen LogP contribution in [0.25, 0.3) is 162 Å². The Kier molecular flexibility index (Phi) is 10.2. The fourth-order valence-electron chi connectivity index (χ4n) is 13.8. The van der Waals surface area contributed by atoms with Gasteiger partial charge in [0, 0.05) is 70.1 Å². The third-order valence-electron chi connectivity index (χ3n) is 17.3. The van der Waals surface area contributed by atoms with Crippen molar-refractivity contribution >= 4 is 153 Å². The number of rotatable bonds is 7. The molecule has 0 N–H and O–H groups in total. The van der Waals surface area contributed by atoms with Gasteiger partial charge >= 0.3 is 0 Å². The summed E-state index contributed by atoms with van der Waals surface area (Å²) in [5.74, 6) is 0. The zero-order chi connectivity index (χ0) is 54.2. The van der Waals surface area contributed by atoms with E-state index in [0.29, 0.717) is 0 Å². The molecule has 3 aromatic heterocycles. The fraction of sp³-hybridized carbons (Fsp3) is 0.0130. The van der Waals surface area contributed by atoms with Gasteiger partial charge in [-0.15, -0.1) is 11.3 Å². The van der Waals surface area contributed by atoms with Gasteiger partial charge in [0.05, 0.1) is 33.4 Å². The van der Waals surface area contributed by atoms with Gasteiger partial charge in [0.15, 0.2) is 0 Å². The number of hydrogen-bond acceptors (Lipinski definition) is 3. The Morgan fingerprint density at radius 1 is 0.317 bits per heavy atom. The number of nitrogens with zero attached hydrogens (tertiary/aromatic N) is 4. The van der Waals surface area contributed by atoms with E-state index in [2.05, 4.69) is 271 Å². The molecule has 4 nitrogen and oxygen atoms in total. The average Bonchev–Trinajstić information content (AvgIpc) is 3.29. The van der Waals surface area contributed by atoms with Crippen molar-refractivity contribution in [2.75, 3.05) is 0 Å². The third-order valence-corrected chi connectivity index (χ3v) is 18.5. The summed E-state index contributed by atoms with van der Waals surface area (Å²) in [6, 6.07) is 94.0. The number of benzene rings is 14. The molecule has 0 radical (unpaired) electrons. The molecule has 5 heteroatoms. The standard InChI is InChI=1S/C77H48N4S/c1-3-79-77-75-60(57-38-34-49(43-67(57)76(77)78-2)47-18-14-17-46(41-47)48-33-37-56-54-21-5-4-19-52(54)53-20-6-7-22-55(53)64(56)42-48)26-15-27-62(75)61-28-16-31-71-74(61)63-25-9-12-30-69(63)81(71)50-35-39-70-65(44-50)58-23-8-11-29-68(58)80(70)51-36-40-73-66(45-51)59-24-10-13-32-72(59)82-73/h3-45H,2H2,1H3/b79-3-. The van der Waals surface area contributed by atoms with E-state index < -0.39 is 0 Å². The number of aliphatic imine (C=N–C) groups is 2. The van der Waals surface area contributed by atoms with Gasteiger partial charge in [-0.05, 0) is 169 Å². The van der Waals surface area contributed by atoms with E-state index in [1.54, 1.807) is 0 Å². The van der Waals surface area contributed by atoms with Crippen molar-refractivity contribution in [2.24, 2.45) is 9.98 Å². The number of para-hydroxylation sites is 2. The quantitative estimate of drug-likeness (QED) is 0.113. The van der Waals surface area contributed by atoms with Gasteiger partial charge in [0.25, 0.3) is 0 Å². The van der Waals surface area contributed by atoms with Crippen LogP contribution in [-0.2, 0) is 0 Å². The van der Waals surface area contributed by atoms with Crippen LogP contribution in [0.4, 0.5) is 11.4 Å². The van der Waals surface area contributed by atoms with Crippen LogP contribution in [0.15, 0.2) is 265 Å². The second-order valence-electron chi connectivity index (χ2n) is 21.5. The highest BCUT2D eigenvalue weighted by atomic mass is 32.1. The second kappa shape index (κ2) is 18.0. The van der Waals surface area contributed by atoms with Crippen LogP contribution in [-0.4, -0.2) is 22.1 Å². The Labute approximate surface area is 476 Å². The Hall–Kier alpha value is -10.5. The van der Waals surface area contributed by atoms with E-state index in [4.69, 9.17) is 9.98 Å². The summed E-state index contributed by atoms with van der Waals surface area (Å²) in [7, 11) is 0. The van der Waals surface area contributed by atoms with Gasteiger partial charge in [0.1, 0.15) is 0 Å². The minimum absolute atomic E-state index is 0.769. The normalized spacial score (nSPS) is 12.2. The smallest absolute Gasteiger partial charge is 0.0972 e. The zero-order valence-corrected chi connectivity index (χ0v) is 45.5. The third kappa shape index (κ3) is 6.78. The summed E-state index contributed by atoms with van der Waals surface area (Å²) in [5, 5.41) is 19.3. The van der Waals surface area contributed by atoms with E-state index >= 15 is 0 Å². The zero-order valence-electron chi connectivity index (χ0n) is 44.7. The molecule has 3 heterocycles. The van der Waals surface area contributed by atoms with Crippen LogP contribution in [0.1, 0.15) is 6.92 Å². The molecule has 0 atom stereocenters. The largest absolute Gasteiger partial charge is 0.309 e. The van der Waals surface area contributed by atoms with Crippen molar-refractivity contribution < 1.29 is 0 Å². The van der Waals surface area contributed by atoms with Crippen molar-refractivity contribution in [1.29, 1.82) is 0 Å². The lowest BCUT2D eigenvalue weighted by molar-refractivity contribution is 1.17. The summed E-state index contributed by atoms with van der Waals surface area (Å²) >= 11 is 1.86. The molecule has 0 amide bonds. The van der Waals surface area contributed by atoms with Crippen LogP contribution >= 0.6 is 11.3 Å². The van der Waals surface area contributed by atoms with E-state index in [9.17, 15) is 0 Å². The van der Waals surface area contributed by atoms with Gasteiger partial charge < -0.3 is 9.13 Å². The highest BCUT2D eigenvalue weighted by Crippen LogP contribution is 2.51. The maximum absolute atomic E-state index is 5.20. The number of aromatic nitrogens is 2. The molecule has 14 aromatic carbocycles. The first kappa shape index (κ1) is 46.5. The molecule has 0 saturated carbocycles. The molecule has 17 aromatic rings. The first-order valence-corrected chi connectivity index (χ1v) is 28.8. The van der Waals surface area contributed by atoms with E-state index in [1.165, 1.54) is 96.2 Å². The molecular weight excluding hydrogens is 1010 g/mol. The average molecular weight is 1060 g/mol. The lowest BCUT2D eigenvalue weighted by Crippen LogP contribution is -1.96.